The van der Waals surface area contributed by atoms with Gasteiger partial charge in [0.2, 0.25) is 0 Å². The Hall–Kier alpha value is -1.47. The largest absolute Gasteiger partial charge is 0.492 e. The standard InChI is InChI=1S/C13H18ClNO5S/c1-4-9-20-11-8-6-7-10(14)12(11)21(16,17)15-13(18-3)19-5-2/h6-8H,4-5,9H2,1-3H3. The second-order valence-electron chi connectivity index (χ2n) is 3.88. The Morgan fingerprint density at radius 2 is 2.05 bits per heavy atom. The predicted molar refractivity (Wildman–Crippen MR) is 80.5 cm³/mol. The first-order chi connectivity index (χ1) is 9.96. The van der Waals surface area contributed by atoms with E-state index < -0.39 is 10.0 Å². The van der Waals surface area contributed by atoms with Gasteiger partial charge in [-0.3, -0.25) is 0 Å². The van der Waals surface area contributed by atoms with Gasteiger partial charge in [0.25, 0.3) is 10.0 Å². The molecule has 21 heavy (non-hydrogen) atoms. The molecule has 6 nitrogen and oxygen atoms in total. The Morgan fingerprint density at radius 1 is 1.33 bits per heavy atom. The molecule has 0 saturated heterocycles. The van der Waals surface area contributed by atoms with E-state index in [0.29, 0.717) is 6.61 Å². The molecule has 0 aliphatic heterocycles. The van der Waals surface area contributed by atoms with Crippen LogP contribution in [0.15, 0.2) is 27.5 Å². The summed E-state index contributed by atoms with van der Waals surface area (Å²) in [5, 5.41) is 0.0271. The molecule has 8 heteroatoms. The summed E-state index contributed by atoms with van der Waals surface area (Å²) in [4.78, 5) is -0.200. The number of rotatable bonds is 6. The number of ether oxygens (including phenoxy) is 3. The van der Waals surface area contributed by atoms with E-state index in [4.69, 9.17) is 25.8 Å². The Morgan fingerprint density at radius 3 is 2.62 bits per heavy atom. The van der Waals surface area contributed by atoms with Crippen LogP contribution in [0.4, 0.5) is 0 Å². The fraction of sp³-hybridized carbons (Fsp3) is 0.462. The van der Waals surface area contributed by atoms with Gasteiger partial charge in [-0.2, -0.15) is 8.42 Å². The molecule has 0 unspecified atom stereocenters. The third-order valence-electron chi connectivity index (χ3n) is 2.29. The Balaban J connectivity index is 3.30. The van der Waals surface area contributed by atoms with Crippen LogP contribution in [0.5, 0.6) is 5.75 Å². The van der Waals surface area contributed by atoms with Crippen molar-refractivity contribution in [3.63, 3.8) is 0 Å². The van der Waals surface area contributed by atoms with E-state index >= 15 is 0 Å². The van der Waals surface area contributed by atoms with Crippen LogP contribution >= 0.6 is 11.6 Å². The van der Waals surface area contributed by atoms with Crippen LogP contribution in [-0.2, 0) is 19.5 Å². The SMILES string of the molecule is CCCOc1cccc(Cl)c1S(=O)(=O)N=C(OC)OCC. The molecule has 0 aromatic heterocycles. The van der Waals surface area contributed by atoms with Gasteiger partial charge in [0.05, 0.1) is 25.3 Å². The highest BCUT2D eigenvalue weighted by Gasteiger charge is 2.24. The second-order valence-corrected chi connectivity index (χ2v) is 5.83. The predicted octanol–water partition coefficient (Wildman–Crippen LogP) is 2.86. The zero-order valence-electron chi connectivity index (χ0n) is 12.1. The van der Waals surface area contributed by atoms with Gasteiger partial charge in [-0.15, -0.1) is 0 Å². The number of benzene rings is 1. The second kappa shape index (κ2) is 8.09. The van der Waals surface area contributed by atoms with Crippen LogP contribution in [0.1, 0.15) is 20.3 Å². The molecule has 0 aliphatic rings. The van der Waals surface area contributed by atoms with E-state index in [1.807, 2.05) is 6.92 Å². The normalized spacial score (nSPS) is 12.1. The fourth-order valence-electron chi connectivity index (χ4n) is 1.45. The van der Waals surface area contributed by atoms with Gasteiger partial charge in [0.1, 0.15) is 10.6 Å². The molecular weight excluding hydrogens is 318 g/mol. The highest BCUT2D eigenvalue weighted by molar-refractivity contribution is 7.90. The molecule has 0 aliphatic carbocycles. The number of hydrogen-bond acceptors (Lipinski definition) is 5. The number of hydrogen-bond donors (Lipinski definition) is 0. The van der Waals surface area contributed by atoms with Gasteiger partial charge in [-0.1, -0.05) is 29.0 Å². The van der Waals surface area contributed by atoms with Crippen LogP contribution in [0.25, 0.3) is 0 Å². The smallest absolute Gasteiger partial charge is 0.399 e. The van der Waals surface area contributed by atoms with Crippen LogP contribution in [0.2, 0.25) is 5.02 Å². The first-order valence-electron chi connectivity index (χ1n) is 6.39. The van der Waals surface area contributed by atoms with Crippen molar-refractivity contribution in [2.24, 2.45) is 4.40 Å². The van der Waals surface area contributed by atoms with E-state index in [2.05, 4.69) is 4.40 Å². The summed E-state index contributed by atoms with van der Waals surface area (Å²) in [5.41, 5.74) is 0. The number of nitrogens with zero attached hydrogens (tertiary/aromatic N) is 1. The van der Waals surface area contributed by atoms with E-state index in [-0.39, 0.29) is 28.4 Å². The Labute approximate surface area is 129 Å². The highest BCUT2D eigenvalue weighted by Crippen LogP contribution is 2.32. The number of halogens is 1. The van der Waals surface area contributed by atoms with Crippen molar-refractivity contribution < 1.29 is 22.6 Å². The molecule has 118 valence electrons. The summed E-state index contributed by atoms with van der Waals surface area (Å²) in [7, 11) is -2.84. The molecule has 0 atom stereocenters. The van der Waals surface area contributed by atoms with Crippen molar-refractivity contribution >= 4 is 27.7 Å². The van der Waals surface area contributed by atoms with Crippen molar-refractivity contribution in [1.82, 2.24) is 0 Å². The summed E-state index contributed by atoms with van der Waals surface area (Å²) in [5.74, 6) is 0.153. The zero-order chi connectivity index (χ0) is 15.9. The lowest BCUT2D eigenvalue weighted by molar-refractivity contribution is 0.209. The third-order valence-corrected chi connectivity index (χ3v) is 4.04. The van der Waals surface area contributed by atoms with Crippen molar-refractivity contribution in [2.75, 3.05) is 20.3 Å². The zero-order valence-corrected chi connectivity index (χ0v) is 13.7. The van der Waals surface area contributed by atoms with E-state index in [0.717, 1.165) is 6.42 Å². The van der Waals surface area contributed by atoms with E-state index in [9.17, 15) is 8.42 Å². The number of sulfonamides is 1. The first kappa shape index (κ1) is 17.6. The van der Waals surface area contributed by atoms with Gasteiger partial charge < -0.3 is 14.2 Å². The molecule has 0 bridgehead atoms. The lowest BCUT2D eigenvalue weighted by atomic mass is 10.3. The van der Waals surface area contributed by atoms with E-state index in [1.54, 1.807) is 13.0 Å². The van der Waals surface area contributed by atoms with Crippen LogP contribution in [-0.4, -0.2) is 34.8 Å². The summed E-state index contributed by atoms with van der Waals surface area (Å²) in [6.07, 6.45) is 0.385. The first-order valence-corrected chi connectivity index (χ1v) is 8.21. The maximum atomic E-state index is 12.4. The molecule has 1 aromatic rings. The summed E-state index contributed by atoms with van der Waals surface area (Å²) >= 11 is 5.99. The van der Waals surface area contributed by atoms with Gasteiger partial charge in [-0.25, -0.2) is 0 Å². The third kappa shape index (κ3) is 4.78. The molecule has 0 saturated carbocycles. The molecule has 1 rings (SSSR count). The maximum absolute atomic E-state index is 12.4. The lowest BCUT2D eigenvalue weighted by Gasteiger charge is -2.11. The summed E-state index contributed by atoms with van der Waals surface area (Å²) in [6, 6.07) is 4.59. The topological polar surface area (TPSA) is 74.2 Å². The lowest BCUT2D eigenvalue weighted by Crippen LogP contribution is -2.12. The van der Waals surface area contributed by atoms with Crippen LogP contribution < -0.4 is 4.74 Å². The quantitative estimate of drug-likeness (QED) is 0.590. The molecule has 0 amide bonds. The average Bonchev–Trinajstić information content (AvgIpc) is 2.44. The fourth-order valence-corrected chi connectivity index (χ4v) is 3.02. The van der Waals surface area contributed by atoms with Gasteiger partial charge >= 0.3 is 6.08 Å². The molecule has 0 N–H and O–H groups in total. The molecule has 0 radical (unpaired) electrons. The molecule has 0 fully saturated rings. The minimum atomic E-state index is -4.10. The molecule has 1 aromatic carbocycles. The van der Waals surface area contributed by atoms with Crippen molar-refractivity contribution in [3.8, 4) is 5.75 Å². The minimum Gasteiger partial charge on any atom is -0.492 e. The molecule has 0 heterocycles. The van der Waals surface area contributed by atoms with Crippen molar-refractivity contribution in [1.29, 1.82) is 0 Å². The van der Waals surface area contributed by atoms with E-state index in [1.165, 1.54) is 19.2 Å². The van der Waals surface area contributed by atoms with Gasteiger partial charge in [-0.05, 0) is 25.5 Å². The average molecular weight is 336 g/mol. The molecular formula is C13H18ClNO5S. The maximum Gasteiger partial charge on any atom is 0.399 e. The number of methoxy groups -OCH3 is 1. The summed E-state index contributed by atoms with van der Waals surface area (Å²) in [6.45, 7) is 4.19. The van der Waals surface area contributed by atoms with Crippen molar-refractivity contribution in [3.05, 3.63) is 23.2 Å². The monoisotopic (exact) mass is 335 g/mol. The van der Waals surface area contributed by atoms with Crippen LogP contribution in [0.3, 0.4) is 0 Å². The molecule has 0 spiro atoms. The minimum absolute atomic E-state index is 0.0271. The van der Waals surface area contributed by atoms with Gasteiger partial charge in [0.15, 0.2) is 0 Å². The summed E-state index contributed by atoms with van der Waals surface area (Å²) < 4.78 is 43.4. The highest BCUT2D eigenvalue weighted by atomic mass is 35.5. The Bertz CT molecular complexity index is 601. The van der Waals surface area contributed by atoms with Crippen molar-refractivity contribution in [2.45, 2.75) is 25.2 Å². The Kier molecular flexibility index (Phi) is 6.77. The van der Waals surface area contributed by atoms with Crippen LogP contribution in [0, 0.1) is 0 Å². The van der Waals surface area contributed by atoms with Gasteiger partial charge in [0, 0.05) is 0 Å².